The lowest BCUT2D eigenvalue weighted by atomic mass is 9.98. The van der Waals surface area contributed by atoms with Crippen LogP contribution in [0, 0.1) is 12.8 Å². The lowest BCUT2D eigenvalue weighted by Gasteiger charge is -2.31. The number of nitrogens with zero attached hydrogens (tertiary/aromatic N) is 2. The molecule has 0 saturated carbocycles. The van der Waals surface area contributed by atoms with Crippen LogP contribution < -0.4 is 4.74 Å². The van der Waals surface area contributed by atoms with Gasteiger partial charge in [0, 0.05) is 19.2 Å². The SMILES string of the molecule is CCOC(=O)[C@@H]1CCCN(C(=O)COc2cc(C)on2)C1. The van der Waals surface area contributed by atoms with Crippen LogP contribution in [0.3, 0.4) is 0 Å². The highest BCUT2D eigenvalue weighted by atomic mass is 16.5. The molecule has 1 amide bonds. The normalized spacial score (nSPS) is 18.4. The van der Waals surface area contributed by atoms with Crippen molar-refractivity contribution in [2.75, 3.05) is 26.3 Å². The lowest BCUT2D eigenvalue weighted by Crippen LogP contribution is -2.44. The zero-order valence-corrected chi connectivity index (χ0v) is 12.3. The topological polar surface area (TPSA) is 81.9 Å². The van der Waals surface area contributed by atoms with Crippen LogP contribution in [0.5, 0.6) is 5.88 Å². The molecule has 2 heterocycles. The molecule has 0 spiro atoms. The number of likely N-dealkylation sites (tertiary alicyclic amines) is 1. The van der Waals surface area contributed by atoms with Crippen molar-refractivity contribution in [1.29, 1.82) is 0 Å². The first-order chi connectivity index (χ1) is 10.1. The van der Waals surface area contributed by atoms with Crippen molar-refractivity contribution >= 4 is 11.9 Å². The molecule has 0 aromatic carbocycles. The highest BCUT2D eigenvalue weighted by Gasteiger charge is 2.29. The number of carbonyl (C=O) groups excluding carboxylic acids is 2. The Labute approximate surface area is 123 Å². The van der Waals surface area contributed by atoms with Gasteiger partial charge in [0.1, 0.15) is 5.76 Å². The molecule has 116 valence electrons. The van der Waals surface area contributed by atoms with Gasteiger partial charge >= 0.3 is 5.97 Å². The molecule has 0 unspecified atom stereocenters. The maximum Gasteiger partial charge on any atom is 0.310 e. The summed E-state index contributed by atoms with van der Waals surface area (Å²) < 4.78 is 15.1. The van der Waals surface area contributed by atoms with E-state index in [1.807, 2.05) is 0 Å². The summed E-state index contributed by atoms with van der Waals surface area (Å²) in [5.41, 5.74) is 0. The van der Waals surface area contributed by atoms with Gasteiger partial charge in [-0.15, -0.1) is 0 Å². The minimum absolute atomic E-state index is 0.110. The van der Waals surface area contributed by atoms with Crippen LogP contribution in [0.4, 0.5) is 0 Å². The van der Waals surface area contributed by atoms with Gasteiger partial charge in [-0.2, -0.15) is 0 Å². The average molecular weight is 296 g/mol. The van der Waals surface area contributed by atoms with Crippen molar-refractivity contribution in [2.24, 2.45) is 5.92 Å². The molecule has 1 aliphatic heterocycles. The summed E-state index contributed by atoms with van der Waals surface area (Å²) in [5.74, 6) is 0.280. The van der Waals surface area contributed by atoms with E-state index in [1.54, 1.807) is 24.8 Å². The fourth-order valence-electron chi connectivity index (χ4n) is 2.29. The van der Waals surface area contributed by atoms with Gasteiger partial charge in [0.2, 0.25) is 0 Å². The third-order valence-electron chi connectivity index (χ3n) is 3.34. The van der Waals surface area contributed by atoms with E-state index in [9.17, 15) is 9.59 Å². The first kappa shape index (κ1) is 15.3. The number of aromatic nitrogens is 1. The smallest absolute Gasteiger partial charge is 0.310 e. The van der Waals surface area contributed by atoms with Crippen molar-refractivity contribution in [2.45, 2.75) is 26.7 Å². The highest BCUT2D eigenvalue weighted by molar-refractivity contribution is 5.79. The van der Waals surface area contributed by atoms with E-state index in [1.165, 1.54) is 0 Å². The van der Waals surface area contributed by atoms with Crippen molar-refractivity contribution in [1.82, 2.24) is 10.1 Å². The van der Waals surface area contributed by atoms with Crippen LogP contribution >= 0.6 is 0 Å². The van der Waals surface area contributed by atoms with Gasteiger partial charge < -0.3 is 18.9 Å². The Morgan fingerprint density at radius 2 is 2.33 bits per heavy atom. The van der Waals surface area contributed by atoms with Crippen molar-refractivity contribution in [3.63, 3.8) is 0 Å². The van der Waals surface area contributed by atoms with Gasteiger partial charge in [-0.05, 0) is 31.8 Å². The molecule has 1 saturated heterocycles. The number of hydrogen-bond donors (Lipinski definition) is 0. The monoisotopic (exact) mass is 296 g/mol. The van der Waals surface area contributed by atoms with Crippen LogP contribution in [0.25, 0.3) is 0 Å². The molecule has 1 fully saturated rings. The molecular weight excluding hydrogens is 276 g/mol. The second-order valence-corrected chi connectivity index (χ2v) is 5.00. The maximum absolute atomic E-state index is 12.1. The number of hydrogen-bond acceptors (Lipinski definition) is 6. The van der Waals surface area contributed by atoms with E-state index in [0.29, 0.717) is 31.3 Å². The molecule has 1 atom stereocenters. The number of amides is 1. The molecule has 0 radical (unpaired) electrons. The number of carbonyl (C=O) groups is 2. The van der Waals surface area contributed by atoms with Crippen LogP contribution in [0.15, 0.2) is 10.6 Å². The minimum atomic E-state index is -0.239. The van der Waals surface area contributed by atoms with Gasteiger partial charge in [0.05, 0.1) is 12.5 Å². The van der Waals surface area contributed by atoms with E-state index in [4.69, 9.17) is 14.0 Å². The van der Waals surface area contributed by atoms with Crippen molar-refractivity contribution in [3.8, 4) is 5.88 Å². The number of aryl methyl sites for hydroxylation is 1. The second kappa shape index (κ2) is 7.10. The van der Waals surface area contributed by atoms with Crippen LogP contribution in [0.2, 0.25) is 0 Å². The molecule has 0 N–H and O–H groups in total. The number of esters is 1. The molecule has 1 aromatic heterocycles. The summed E-state index contributed by atoms with van der Waals surface area (Å²) in [5, 5.41) is 3.66. The molecular formula is C14H20N2O5. The Morgan fingerprint density at radius 3 is 3.00 bits per heavy atom. The fraction of sp³-hybridized carbons (Fsp3) is 0.643. The van der Waals surface area contributed by atoms with E-state index in [-0.39, 0.29) is 24.4 Å². The number of rotatable bonds is 5. The number of ether oxygens (including phenoxy) is 2. The van der Waals surface area contributed by atoms with E-state index in [2.05, 4.69) is 5.16 Å². The summed E-state index contributed by atoms with van der Waals surface area (Å²) in [6.07, 6.45) is 1.55. The largest absolute Gasteiger partial charge is 0.466 e. The summed E-state index contributed by atoms with van der Waals surface area (Å²) in [6, 6.07) is 1.62. The first-order valence-corrected chi connectivity index (χ1v) is 7.10. The third kappa shape index (κ3) is 4.21. The lowest BCUT2D eigenvalue weighted by molar-refractivity contribution is -0.151. The average Bonchev–Trinajstić information content (AvgIpc) is 2.91. The van der Waals surface area contributed by atoms with Gasteiger partial charge in [0.25, 0.3) is 11.8 Å². The molecule has 0 aliphatic carbocycles. The summed E-state index contributed by atoms with van der Waals surface area (Å²) in [4.78, 5) is 25.5. The molecule has 1 aromatic rings. The zero-order valence-electron chi connectivity index (χ0n) is 12.3. The first-order valence-electron chi connectivity index (χ1n) is 7.10. The predicted molar refractivity (Wildman–Crippen MR) is 72.7 cm³/mol. The van der Waals surface area contributed by atoms with Crippen molar-refractivity contribution < 1.29 is 23.6 Å². The van der Waals surface area contributed by atoms with Gasteiger partial charge in [-0.1, -0.05) is 0 Å². The minimum Gasteiger partial charge on any atom is -0.466 e. The standard InChI is InChI=1S/C14H20N2O5/c1-3-19-14(18)11-5-4-6-16(8-11)13(17)9-20-12-7-10(2)21-15-12/h7,11H,3-6,8-9H2,1-2H3/t11-/m1/s1. The molecule has 2 rings (SSSR count). The predicted octanol–water partition coefficient (Wildman–Crippen LogP) is 1.16. The maximum atomic E-state index is 12.1. The van der Waals surface area contributed by atoms with Crippen molar-refractivity contribution in [3.05, 3.63) is 11.8 Å². The van der Waals surface area contributed by atoms with Gasteiger partial charge in [-0.25, -0.2) is 0 Å². The highest BCUT2D eigenvalue weighted by Crippen LogP contribution is 2.18. The Kier molecular flexibility index (Phi) is 5.19. The molecule has 7 nitrogen and oxygen atoms in total. The Morgan fingerprint density at radius 1 is 1.52 bits per heavy atom. The Hall–Kier alpha value is -2.05. The van der Waals surface area contributed by atoms with E-state index < -0.39 is 0 Å². The summed E-state index contributed by atoms with van der Waals surface area (Å²) in [7, 11) is 0. The van der Waals surface area contributed by atoms with Crippen LogP contribution in [-0.4, -0.2) is 48.2 Å². The summed E-state index contributed by atoms with van der Waals surface area (Å²) >= 11 is 0. The van der Waals surface area contributed by atoms with Crippen LogP contribution in [0.1, 0.15) is 25.5 Å². The quantitative estimate of drug-likeness (QED) is 0.758. The fourth-order valence-corrected chi connectivity index (χ4v) is 2.29. The molecule has 21 heavy (non-hydrogen) atoms. The zero-order chi connectivity index (χ0) is 15.2. The Bertz CT molecular complexity index is 499. The van der Waals surface area contributed by atoms with Gasteiger partial charge in [-0.3, -0.25) is 9.59 Å². The van der Waals surface area contributed by atoms with Gasteiger partial charge in [0.15, 0.2) is 6.61 Å². The third-order valence-corrected chi connectivity index (χ3v) is 3.34. The molecule has 1 aliphatic rings. The van der Waals surface area contributed by atoms with Crippen LogP contribution in [-0.2, 0) is 14.3 Å². The molecule has 7 heteroatoms. The summed E-state index contributed by atoms with van der Waals surface area (Å²) in [6.45, 7) is 4.79. The molecule has 0 bridgehead atoms. The number of piperidine rings is 1. The Balaban J connectivity index is 1.82. The second-order valence-electron chi connectivity index (χ2n) is 5.00. The van der Waals surface area contributed by atoms with E-state index in [0.717, 1.165) is 12.8 Å². The van der Waals surface area contributed by atoms with E-state index >= 15 is 0 Å².